The Balaban J connectivity index is 1.99. The fourth-order valence-electron chi connectivity index (χ4n) is 2.43. The molecule has 0 saturated carbocycles. The minimum absolute atomic E-state index is 0.400. The molecule has 2 N–H and O–H groups in total. The number of sulfonamides is 1. The number of benzene rings is 1. The number of aryl methyl sites for hydroxylation is 2. The van der Waals surface area contributed by atoms with Gasteiger partial charge in [-0.15, -0.1) is 0 Å². The number of rotatable bonds is 5. The van der Waals surface area contributed by atoms with Crippen LogP contribution in [-0.2, 0) is 10.0 Å². The average molecular weight is 282 g/mol. The highest BCUT2D eigenvalue weighted by Gasteiger charge is 2.18. The van der Waals surface area contributed by atoms with Crippen LogP contribution in [-0.4, -0.2) is 28.1 Å². The molecule has 1 atom stereocenters. The van der Waals surface area contributed by atoms with Crippen molar-refractivity contribution in [2.45, 2.75) is 31.6 Å². The fraction of sp³-hybridized carbons (Fsp3) is 0.571. The van der Waals surface area contributed by atoms with Gasteiger partial charge >= 0.3 is 0 Å². The maximum atomic E-state index is 12.3. The minimum atomic E-state index is -3.38. The maximum Gasteiger partial charge on any atom is 0.240 e. The summed E-state index contributed by atoms with van der Waals surface area (Å²) in [6, 6.07) is 5.51. The van der Waals surface area contributed by atoms with Crippen molar-refractivity contribution in [3.05, 3.63) is 29.3 Å². The molecular weight excluding hydrogens is 260 g/mol. The molecule has 1 aromatic carbocycles. The summed E-state index contributed by atoms with van der Waals surface area (Å²) in [4.78, 5) is 0.400. The van der Waals surface area contributed by atoms with Gasteiger partial charge in [0.25, 0.3) is 0 Å². The van der Waals surface area contributed by atoms with Crippen LogP contribution in [0.2, 0.25) is 0 Å². The lowest BCUT2D eigenvalue weighted by Gasteiger charge is -2.12. The van der Waals surface area contributed by atoms with Crippen LogP contribution in [0, 0.1) is 19.8 Å². The first-order valence-corrected chi connectivity index (χ1v) is 8.25. The second-order valence-electron chi connectivity index (χ2n) is 5.31. The molecule has 1 unspecified atom stereocenters. The third-order valence-corrected chi connectivity index (χ3v) is 5.24. The summed E-state index contributed by atoms with van der Waals surface area (Å²) >= 11 is 0. The molecule has 4 nitrogen and oxygen atoms in total. The summed E-state index contributed by atoms with van der Waals surface area (Å²) in [5.41, 5.74) is 1.76. The Hall–Kier alpha value is -0.910. The molecule has 1 aromatic rings. The average Bonchev–Trinajstić information content (AvgIpc) is 2.85. The molecule has 1 fully saturated rings. The quantitative estimate of drug-likeness (QED) is 0.862. The van der Waals surface area contributed by atoms with Crippen LogP contribution in [0.3, 0.4) is 0 Å². The Labute approximate surface area is 115 Å². The van der Waals surface area contributed by atoms with Crippen LogP contribution < -0.4 is 10.0 Å². The van der Waals surface area contributed by atoms with E-state index in [0.29, 0.717) is 17.4 Å². The highest BCUT2D eigenvalue weighted by Crippen LogP contribution is 2.17. The lowest BCUT2D eigenvalue weighted by atomic mass is 10.1. The van der Waals surface area contributed by atoms with Crippen LogP contribution in [0.25, 0.3) is 0 Å². The zero-order chi connectivity index (χ0) is 13.9. The van der Waals surface area contributed by atoms with Crippen molar-refractivity contribution in [1.29, 1.82) is 0 Å². The lowest BCUT2D eigenvalue weighted by Crippen LogP contribution is -2.27. The summed E-state index contributed by atoms with van der Waals surface area (Å²) in [5.74, 6) is 0.598. The van der Waals surface area contributed by atoms with Gasteiger partial charge in [-0.25, -0.2) is 13.1 Å². The molecule has 106 valence electrons. The van der Waals surface area contributed by atoms with E-state index in [1.807, 2.05) is 26.0 Å². The minimum Gasteiger partial charge on any atom is -0.316 e. The van der Waals surface area contributed by atoms with Gasteiger partial charge in [-0.2, -0.15) is 0 Å². The molecule has 2 rings (SSSR count). The predicted molar refractivity (Wildman–Crippen MR) is 76.7 cm³/mol. The van der Waals surface area contributed by atoms with Crippen molar-refractivity contribution < 1.29 is 8.42 Å². The van der Waals surface area contributed by atoms with Crippen molar-refractivity contribution >= 4 is 10.0 Å². The highest BCUT2D eigenvalue weighted by atomic mass is 32.2. The van der Waals surface area contributed by atoms with Crippen LogP contribution in [0.1, 0.15) is 24.0 Å². The van der Waals surface area contributed by atoms with Gasteiger partial charge in [0.1, 0.15) is 0 Å². The molecule has 0 aromatic heterocycles. The molecule has 0 bridgehead atoms. The highest BCUT2D eigenvalue weighted by molar-refractivity contribution is 7.89. The van der Waals surface area contributed by atoms with Crippen molar-refractivity contribution in [3.8, 4) is 0 Å². The van der Waals surface area contributed by atoms with E-state index in [1.165, 1.54) is 0 Å². The van der Waals surface area contributed by atoms with E-state index in [9.17, 15) is 8.42 Å². The van der Waals surface area contributed by atoms with Crippen LogP contribution in [0.15, 0.2) is 23.1 Å². The summed E-state index contributed by atoms with van der Waals surface area (Å²) in [7, 11) is -3.38. The van der Waals surface area contributed by atoms with E-state index < -0.39 is 10.0 Å². The zero-order valence-electron chi connectivity index (χ0n) is 11.6. The maximum absolute atomic E-state index is 12.3. The molecule has 0 aliphatic carbocycles. The number of nitrogens with one attached hydrogen (secondary N) is 2. The Morgan fingerprint density at radius 2 is 2.16 bits per heavy atom. The molecule has 0 spiro atoms. The molecule has 0 amide bonds. The van der Waals surface area contributed by atoms with Crippen LogP contribution in [0.4, 0.5) is 0 Å². The van der Waals surface area contributed by atoms with Crippen molar-refractivity contribution in [3.63, 3.8) is 0 Å². The predicted octanol–water partition coefficient (Wildman–Crippen LogP) is 1.58. The summed E-state index contributed by atoms with van der Waals surface area (Å²) in [6.45, 7) is 6.30. The Morgan fingerprint density at radius 3 is 2.84 bits per heavy atom. The molecule has 19 heavy (non-hydrogen) atoms. The normalized spacial score (nSPS) is 19.8. The first kappa shape index (κ1) is 14.5. The Kier molecular flexibility index (Phi) is 4.60. The van der Waals surface area contributed by atoms with E-state index in [4.69, 9.17) is 0 Å². The zero-order valence-corrected chi connectivity index (χ0v) is 12.4. The second-order valence-corrected chi connectivity index (χ2v) is 7.05. The molecule has 5 heteroatoms. The van der Waals surface area contributed by atoms with E-state index in [0.717, 1.165) is 37.1 Å². The van der Waals surface area contributed by atoms with Crippen LogP contribution in [0.5, 0.6) is 0 Å². The van der Waals surface area contributed by atoms with E-state index in [1.54, 1.807) is 6.07 Å². The van der Waals surface area contributed by atoms with Gasteiger partial charge in [-0.1, -0.05) is 12.1 Å². The Bertz CT molecular complexity index is 534. The van der Waals surface area contributed by atoms with Gasteiger partial charge in [0.15, 0.2) is 0 Å². The lowest BCUT2D eigenvalue weighted by molar-refractivity contribution is 0.519. The Morgan fingerprint density at radius 1 is 1.37 bits per heavy atom. The third-order valence-electron chi connectivity index (χ3n) is 3.64. The topological polar surface area (TPSA) is 58.2 Å². The van der Waals surface area contributed by atoms with E-state index in [2.05, 4.69) is 10.0 Å². The third kappa shape index (κ3) is 3.78. The van der Waals surface area contributed by atoms with Gasteiger partial charge in [0, 0.05) is 6.54 Å². The first-order valence-electron chi connectivity index (χ1n) is 6.77. The smallest absolute Gasteiger partial charge is 0.240 e. The second kappa shape index (κ2) is 6.03. The fourth-order valence-corrected chi connectivity index (χ4v) is 3.81. The summed E-state index contributed by atoms with van der Waals surface area (Å²) < 4.78 is 27.2. The van der Waals surface area contributed by atoms with Crippen LogP contribution >= 0.6 is 0 Å². The molecular formula is C14H22N2O2S. The van der Waals surface area contributed by atoms with Gasteiger partial charge < -0.3 is 5.32 Å². The standard InChI is InChI=1S/C14H22N2O2S/c1-11-3-4-12(2)14(9-11)19(17,18)16-8-6-13-5-7-15-10-13/h3-4,9,13,15-16H,5-8,10H2,1-2H3. The van der Waals surface area contributed by atoms with Gasteiger partial charge in [-0.05, 0) is 62.9 Å². The molecule has 0 radical (unpaired) electrons. The molecule has 1 heterocycles. The molecule has 1 aliphatic heterocycles. The van der Waals surface area contributed by atoms with E-state index in [-0.39, 0.29) is 0 Å². The monoisotopic (exact) mass is 282 g/mol. The molecule has 1 aliphatic rings. The van der Waals surface area contributed by atoms with Crippen molar-refractivity contribution in [1.82, 2.24) is 10.0 Å². The van der Waals surface area contributed by atoms with Crippen molar-refractivity contribution in [2.75, 3.05) is 19.6 Å². The summed E-state index contributed by atoms with van der Waals surface area (Å²) in [5, 5.41) is 3.29. The largest absolute Gasteiger partial charge is 0.316 e. The van der Waals surface area contributed by atoms with Gasteiger partial charge in [-0.3, -0.25) is 0 Å². The van der Waals surface area contributed by atoms with E-state index >= 15 is 0 Å². The number of hydrogen-bond acceptors (Lipinski definition) is 3. The van der Waals surface area contributed by atoms with Gasteiger partial charge in [0.05, 0.1) is 4.90 Å². The van der Waals surface area contributed by atoms with Gasteiger partial charge in [0.2, 0.25) is 10.0 Å². The first-order chi connectivity index (χ1) is 8.99. The summed E-state index contributed by atoms with van der Waals surface area (Å²) in [6.07, 6.45) is 2.04. The SMILES string of the molecule is Cc1ccc(C)c(S(=O)(=O)NCCC2CCNC2)c1. The number of hydrogen-bond donors (Lipinski definition) is 2. The molecule has 1 saturated heterocycles. The van der Waals surface area contributed by atoms with Crippen molar-refractivity contribution in [2.24, 2.45) is 5.92 Å².